The van der Waals surface area contributed by atoms with Gasteiger partial charge in [-0.1, -0.05) is 29.8 Å². The minimum absolute atomic E-state index is 0.0502. The predicted molar refractivity (Wildman–Crippen MR) is 59.0 cm³/mol. The minimum Gasteiger partial charge on any atom is -0.293 e. The van der Waals surface area contributed by atoms with E-state index in [4.69, 9.17) is 0 Å². The number of rotatable bonds is 3. The van der Waals surface area contributed by atoms with Crippen molar-refractivity contribution < 1.29 is 9.00 Å². The summed E-state index contributed by atoms with van der Waals surface area (Å²) in [6, 6.07) is 7.33. The smallest absolute Gasteiger partial charge is 0.178 e. The van der Waals surface area contributed by atoms with Crippen molar-refractivity contribution in [2.45, 2.75) is 19.1 Å². The van der Waals surface area contributed by atoms with Gasteiger partial charge in [0.2, 0.25) is 0 Å². The Kier molecular flexibility index (Phi) is 3.58. The molecule has 3 heteroatoms. The number of carbonyl (C=O) groups is 1. The molecule has 0 aromatic heterocycles. The van der Waals surface area contributed by atoms with Crippen molar-refractivity contribution in [3.8, 4) is 0 Å². The summed E-state index contributed by atoms with van der Waals surface area (Å²) in [7, 11) is -1.10. The fourth-order valence-corrected chi connectivity index (χ4v) is 1.54. The lowest BCUT2D eigenvalue weighted by molar-refractivity contribution is 0.0993. The van der Waals surface area contributed by atoms with Gasteiger partial charge in [0, 0.05) is 22.6 Å². The van der Waals surface area contributed by atoms with Gasteiger partial charge in [0.25, 0.3) is 0 Å². The van der Waals surface area contributed by atoms with E-state index in [0.29, 0.717) is 5.56 Å². The largest absolute Gasteiger partial charge is 0.293 e. The van der Waals surface area contributed by atoms with Crippen molar-refractivity contribution in [1.82, 2.24) is 0 Å². The summed E-state index contributed by atoms with van der Waals surface area (Å²) in [5.74, 6) is -0.0502. The highest BCUT2D eigenvalue weighted by atomic mass is 32.2. The van der Waals surface area contributed by atoms with Gasteiger partial charge in [0.1, 0.15) is 0 Å². The Bertz CT molecular complexity index is 354. The number of hydrogen-bond acceptors (Lipinski definition) is 2. The molecule has 0 heterocycles. The molecule has 2 nitrogen and oxygen atoms in total. The van der Waals surface area contributed by atoms with Gasteiger partial charge in [-0.15, -0.1) is 0 Å². The normalized spacial score (nSPS) is 14.8. The van der Waals surface area contributed by atoms with Crippen LogP contribution in [-0.2, 0) is 10.8 Å². The highest BCUT2D eigenvalue weighted by Gasteiger charge is 2.17. The van der Waals surface area contributed by atoms with Crippen LogP contribution in [0.4, 0.5) is 0 Å². The molecular formula is C11H14O2S. The number of aryl methyl sites for hydroxylation is 1. The van der Waals surface area contributed by atoms with Gasteiger partial charge in [0.05, 0.1) is 5.25 Å². The third-order valence-electron chi connectivity index (χ3n) is 2.20. The van der Waals surface area contributed by atoms with Crippen molar-refractivity contribution in [2.24, 2.45) is 0 Å². The van der Waals surface area contributed by atoms with Gasteiger partial charge < -0.3 is 0 Å². The zero-order valence-corrected chi connectivity index (χ0v) is 9.43. The molecular weight excluding hydrogens is 196 g/mol. The van der Waals surface area contributed by atoms with Crippen LogP contribution in [-0.4, -0.2) is 21.5 Å². The number of Topliss-reactive ketones (excluding diaryl/α,β-unsaturated/α-hetero) is 1. The molecule has 1 aromatic rings. The average Bonchev–Trinajstić information content (AvgIpc) is 2.16. The lowest BCUT2D eigenvalue weighted by Crippen LogP contribution is -2.21. The number of carbonyl (C=O) groups excluding carboxylic acids is 1. The molecule has 0 amide bonds. The van der Waals surface area contributed by atoms with Gasteiger partial charge in [-0.2, -0.15) is 0 Å². The molecule has 0 radical (unpaired) electrons. The first kappa shape index (κ1) is 11.1. The van der Waals surface area contributed by atoms with E-state index in [1.807, 2.05) is 19.1 Å². The minimum atomic E-state index is -1.10. The van der Waals surface area contributed by atoms with E-state index in [-0.39, 0.29) is 5.78 Å². The second kappa shape index (κ2) is 4.51. The van der Waals surface area contributed by atoms with Crippen molar-refractivity contribution >= 4 is 16.6 Å². The number of benzene rings is 1. The molecule has 14 heavy (non-hydrogen) atoms. The summed E-state index contributed by atoms with van der Waals surface area (Å²) in [4.78, 5) is 11.7. The summed E-state index contributed by atoms with van der Waals surface area (Å²) >= 11 is 0. The highest BCUT2D eigenvalue weighted by Crippen LogP contribution is 2.08. The fraction of sp³-hybridized carbons (Fsp3) is 0.364. The van der Waals surface area contributed by atoms with E-state index in [1.54, 1.807) is 25.3 Å². The third kappa shape index (κ3) is 2.51. The molecule has 0 saturated carbocycles. The van der Waals surface area contributed by atoms with E-state index in [9.17, 15) is 9.00 Å². The molecule has 0 aliphatic carbocycles. The highest BCUT2D eigenvalue weighted by molar-refractivity contribution is 7.85. The Hall–Kier alpha value is -0.960. The second-order valence-corrected chi connectivity index (χ2v) is 5.08. The molecule has 0 N–H and O–H groups in total. The standard InChI is InChI=1S/C11H14O2S/c1-8-4-6-10(7-5-8)11(12)9(2)14(3)13/h4-7,9H,1-3H3. The van der Waals surface area contributed by atoms with Crippen LogP contribution in [0.2, 0.25) is 0 Å². The van der Waals surface area contributed by atoms with Crippen LogP contribution in [0.3, 0.4) is 0 Å². The maximum Gasteiger partial charge on any atom is 0.178 e. The Balaban J connectivity index is 2.90. The first-order valence-corrected chi connectivity index (χ1v) is 6.07. The zero-order valence-electron chi connectivity index (χ0n) is 8.61. The monoisotopic (exact) mass is 210 g/mol. The van der Waals surface area contributed by atoms with Gasteiger partial charge in [-0.05, 0) is 13.8 Å². The first-order chi connectivity index (χ1) is 6.52. The van der Waals surface area contributed by atoms with Gasteiger partial charge in [-0.3, -0.25) is 9.00 Å². The van der Waals surface area contributed by atoms with Crippen LogP contribution >= 0.6 is 0 Å². The molecule has 1 aromatic carbocycles. The fourth-order valence-electron chi connectivity index (χ4n) is 1.10. The maximum atomic E-state index is 11.7. The molecule has 1 rings (SSSR count). The molecule has 76 valence electrons. The van der Waals surface area contributed by atoms with E-state index in [1.165, 1.54) is 0 Å². The Morgan fingerprint density at radius 3 is 2.21 bits per heavy atom. The Morgan fingerprint density at radius 2 is 1.79 bits per heavy atom. The lowest BCUT2D eigenvalue weighted by Gasteiger charge is -2.06. The van der Waals surface area contributed by atoms with E-state index >= 15 is 0 Å². The Morgan fingerprint density at radius 1 is 1.29 bits per heavy atom. The third-order valence-corrected chi connectivity index (χ3v) is 3.41. The van der Waals surface area contributed by atoms with E-state index in [2.05, 4.69) is 0 Å². The van der Waals surface area contributed by atoms with Gasteiger partial charge >= 0.3 is 0 Å². The van der Waals surface area contributed by atoms with Crippen molar-refractivity contribution in [1.29, 1.82) is 0 Å². The SMILES string of the molecule is Cc1ccc(C(=O)C(C)S(C)=O)cc1. The quantitative estimate of drug-likeness (QED) is 0.714. The van der Waals surface area contributed by atoms with E-state index < -0.39 is 16.0 Å². The molecule has 0 aliphatic heterocycles. The summed E-state index contributed by atoms with van der Waals surface area (Å²) in [5.41, 5.74) is 1.75. The number of ketones is 1. The zero-order chi connectivity index (χ0) is 10.7. The molecule has 0 saturated heterocycles. The lowest BCUT2D eigenvalue weighted by atomic mass is 10.1. The molecule has 0 aliphatic rings. The van der Waals surface area contributed by atoms with Crippen LogP contribution in [0.25, 0.3) is 0 Å². The summed E-state index contributed by atoms with van der Waals surface area (Å²) in [6.07, 6.45) is 1.55. The summed E-state index contributed by atoms with van der Waals surface area (Å²) in [6.45, 7) is 3.66. The van der Waals surface area contributed by atoms with Crippen LogP contribution < -0.4 is 0 Å². The molecule has 0 bridgehead atoms. The maximum absolute atomic E-state index is 11.7. The molecule has 0 fully saturated rings. The van der Waals surface area contributed by atoms with Crippen LogP contribution in [0, 0.1) is 6.92 Å². The van der Waals surface area contributed by atoms with Crippen molar-refractivity contribution in [3.05, 3.63) is 35.4 Å². The van der Waals surface area contributed by atoms with Gasteiger partial charge in [-0.25, -0.2) is 0 Å². The van der Waals surface area contributed by atoms with E-state index in [0.717, 1.165) is 5.56 Å². The number of hydrogen-bond donors (Lipinski definition) is 0. The molecule has 2 unspecified atom stereocenters. The Labute approximate surface area is 86.8 Å². The second-order valence-electron chi connectivity index (χ2n) is 3.37. The van der Waals surface area contributed by atoms with Crippen molar-refractivity contribution in [2.75, 3.05) is 6.26 Å². The van der Waals surface area contributed by atoms with Crippen LogP contribution in [0.1, 0.15) is 22.8 Å². The van der Waals surface area contributed by atoms with Crippen LogP contribution in [0.5, 0.6) is 0 Å². The summed E-state index contributed by atoms with van der Waals surface area (Å²) < 4.78 is 11.1. The topological polar surface area (TPSA) is 34.1 Å². The first-order valence-electron chi connectivity index (χ1n) is 4.45. The molecule has 0 spiro atoms. The average molecular weight is 210 g/mol. The van der Waals surface area contributed by atoms with Crippen LogP contribution in [0.15, 0.2) is 24.3 Å². The predicted octanol–water partition coefficient (Wildman–Crippen LogP) is 1.94. The van der Waals surface area contributed by atoms with Crippen molar-refractivity contribution in [3.63, 3.8) is 0 Å². The summed E-state index contributed by atoms with van der Waals surface area (Å²) in [5, 5.41) is -0.419. The van der Waals surface area contributed by atoms with Gasteiger partial charge in [0.15, 0.2) is 5.78 Å². The molecule has 2 atom stereocenters.